The monoisotopic (exact) mass is 467 g/mol. The van der Waals surface area contributed by atoms with Crippen LogP contribution in [0.25, 0.3) is 0 Å². The minimum atomic E-state index is -1.08. The number of ketones is 2. The molecule has 0 fully saturated rings. The van der Waals surface area contributed by atoms with E-state index in [0.717, 1.165) is 23.4 Å². The normalized spacial score (nSPS) is 25.0. The van der Waals surface area contributed by atoms with Crippen LogP contribution in [0.5, 0.6) is 11.5 Å². The molecule has 182 valence electrons. The molecule has 0 aromatic heterocycles. The molecule has 0 saturated heterocycles. The first-order chi connectivity index (χ1) is 15.9. The highest BCUT2D eigenvalue weighted by Gasteiger charge is 2.49. The number of allylic oxidation sites excluding steroid dienone is 4. The predicted octanol–water partition coefficient (Wildman–Crippen LogP) is 4.38. The van der Waals surface area contributed by atoms with Gasteiger partial charge in [0.2, 0.25) is 0 Å². The molecule has 3 aliphatic rings. The molecule has 0 spiro atoms. The molecule has 4 rings (SSSR count). The van der Waals surface area contributed by atoms with E-state index in [2.05, 4.69) is 25.2 Å². The van der Waals surface area contributed by atoms with Gasteiger partial charge in [0.25, 0.3) is 0 Å². The molecular formula is C27H33NO6. The average molecular weight is 468 g/mol. The van der Waals surface area contributed by atoms with E-state index in [1.165, 1.54) is 0 Å². The number of carbonyl (C=O) groups excluding carboxylic acids is 2. The Hall–Kier alpha value is -3.09. The second-order valence-electron chi connectivity index (χ2n) is 11.0. The van der Waals surface area contributed by atoms with E-state index >= 15 is 0 Å². The predicted molar refractivity (Wildman–Crippen MR) is 127 cm³/mol. The third-order valence-corrected chi connectivity index (χ3v) is 6.70. The summed E-state index contributed by atoms with van der Waals surface area (Å²) in [6, 6.07) is 5.28. The molecule has 2 unspecified atom stereocenters. The van der Waals surface area contributed by atoms with E-state index in [4.69, 9.17) is 14.6 Å². The van der Waals surface area contributed by atoms with E-state index in [1.54, 1.807) is 12.1 Å². The number of benzene rings is 1. The summed E-state index contributed by atoms with van der Waals surface area (Å²) >= 11 is 0. The van der Waals surface area contributed by atoms with Gasteiger partial charge in [-0.15, -0.1) is 0 Å². The minimum Gasteiger partial charge on any atom is -0.490 e. The molecular weight excluding hydrogens is 434 g/mol. The Balaban J connectivity index is 1.86. The van der Waals surface area contributed by atoms with Crippen molar-refractivity contribution in [1.29, 1.82) is 0 Å². The summed E-state index contributed by atoms with van der Waals surface area (Å²) in [6.07, 6.45) is 3.68. The SMILES string of the molecule is CCOc1cc(C2C3=C(CC(C)(C)CC3=O)NC3=CC(C)(C)CC(=O)C32)ccc1OCC(=O)O. The first kappa shape index (κ1) is 24.0. The van der Waals surface area contributed by atoms with Crippen LogP contribution in [0.15, 0.2) is 41.2 Å². The zero-order valence-corrected chi connectivity index (χ0v) is 20.5. The summed E-state index contributed by atoms with van der Waals surface area (Å²) in [4.78, 5) is 37.9. The van der Waals surface area contributed by atoms with Crippen LogP contribution in [0.2, 0.25) is 0 Å². The van der Waals surface area contributed by atoms with Crippen molar-refractivity contribution < 1.29 is 29.0 Å². The van der Waals surface area contributed by atoms with Crippen LogP contribution in [-0.2, 0) is 14.4 Å². The van der Waals surface area contributed by atoms with Gasteiger partial charge in [0.05, 0.1) is 12.5 Å². The third-order valence-electron chi connectivity index (χ3n) is 6.70. The minimum absolute atomic E-state index is 0.0598. The Bertz CT molecular complexity index is 1110. The van der Waals surface area contributed by atoms with E-state index < -0.39 is 24.4 Å². The lowest BCUT2D eigenvalue weighted by atomic mass is 9.62. The summed E-state index contributed by atoms with van der Waals surface area (Å²) in [5.74, 6) is -1.10. The van der Waals surface area contributed by atoms with Crippen molar-refractivity contribution in [3.8, 4) is 11.5 Å². The summed E-state index contributed by atoms with van der Waals surface area (Å²) in [6.45, 7) is 9.98. The number of aliphatic carboxylic acids is 1. The smallest absolute Gasteiger partial charge is 0.341 e. The molecule has 1 aromatic rings. The van der Waals surface area contributed by atoms with Crippen molar-refractivity contribution in [3.63, 3.8) is 0 Å². The second kappa shape index (κ2) is 8.60. The fraction of sp³-hybridized carbons (Fsp3) is 0.519. The highest BCUT2D eigenvalue weighted by Crippen LogP contribution is 2.52. The van der Waals surface area contributed by atoms with E-state index in [0.29, 0.717) is 36.5 Å². The molecule has 0 bridgehead atoms. The van der Waals surface area contributed by atoms with Crippen LogP contribution in [-0.4, -0.2) is 35.9 Å². The first-order valence-electron chi connectivity index (χ1n) is 11.8. The summed E-state index contributed by atoms with van der Waals surface area (Å²) in [5.41, 5.74) is 2.79. The number of Topliss-reactive ketones (excluding diaryl/α,β-unsaturated/α-hetero) is 2. The molecule has 2 atom stereocenters. The Kier molecular flexibility index (Phi) is 6.08. The molecule has 2 aliphatic carbocycles. The molecule has 7 heteroatoms. The van der Waals surface area contributed by atoms with Crippen molar-refractivity contribution >= 4 is 17.5 Å². The number of rotatable bonds is 6. The van der Waals surface area contributed by atoms with Gasteiger partial charge >= 0.3 is 5.97 Å². The lowest BCUT2D eigenvalue weighted by molar-refractivity contribution is -0.139. The average Bonchev–Trinajstić information content (AvgIpc) is 2.69. The molecule has 1 aliphatic heterocycles. The maximum Gasteiger partial charge on any atom is 0.341 e. The van der Waals surface area contributed by atoms with E-state index in [1.807, 2.05) is 26.8 Å². The Morgan fingerprint density at radius 1 is 1.06 bits per heavy atom. The highest BCUT2D eigenvalue weighted by atomic mass is 16.5. The highest BCUT2D eigenvalue weighted by molar-refractivity contribution is 6.01. The Morgan fingerprint density at radius 3 is 2.47 bits per heavy atom. The molecule has 34 heavy (non-hydrogen) atoms. The summed E-state index contributed by atoms with van der Waals surface area (Å²) in [5, 5.41) is 12.5. The number of carboxylic acids is 1. The number of carbonyl (C=O) groups is 3. The first-order valence-corrected chi connectivity index (χ1v) is 11.8. The molecule has 1 aromatic carbocycles. The maximum absolute atomic E-state index is 13.5. The summed E-state index contributed by atoms with van der Waals surface area (Å²) < 4.78 is 11.2. The quantitative estimate of drug-likeness (QED) is 0.640. The largest absolute Gasteiger partial charge is 0.490 e. The van der Waals surface area contributed by atoms with Gasteiger partial charge < -0.3 is 19.9 Å². The van der Waals surface area contributed by atoms with Crippen LogP contribution in [0.1, 0.15) is 65.4 Å². The number of ether oxygens (including phenoxy) is 2. The van der Waals surface area contributed by atoms with E-state index in [9.17, 15) is 14.4 Å². The van der Waals surface area contributed by atoms with Gasteiger partial charge in [-0.2, -0.15) is 0 Å². The van der Waals surface area contributed by atoms with Gasteiger partial charge in [0.15, 0.2) is 23.9 Å². The van der Waals surface area contributed by atoms with Crippen molar-refractivity contribution in [3.05, 3.63) is 46.8 Å². The van der Waals surface area contributed by atoms with Crippen molar-refractivity contribution in [1.82, 2.24) is 5.32 Å². The topological polar surface area (TPSA) is 102 Å². The van der Waals surface area contributed by atoms with Gasteiger partial charge in [0, 0.05) is 35.7 Å². The van der Waals surface area contributed by atoms with Crippen molar-refractivity contribution in [2.75, 3.05) is 13.2 Å². The number of hydrogen-bond donors (Lipinski definition) is 2. The second-order valence-corrected chi connectivity index (χ2v) is 11.0. The molecule has 0 amide bonds. The number of carboxylic acid groups (broad SMARTS) is 1. The number of hydrogen-bond acceptors (Lipinski definition) is 6. The van der Waals surface area contributed by atoms with Gasteiger partial charge in [-0.3, -0.25) is 9.59 Å². The van der Waals surface area contributed by atoms with Crippen LogP contribution in [0.3, 0.4) is 0 Å². The van der Waals surface area contributed by atoms with Crippen LogP contribution < -0.4 is 14.8 Å². The van der Waals surface area contributed by atoms with Gasteiger partial charge in [-0.05, 0) is 41.9 Å². The van der Waals surface area contributed by atoms with Crippen LogP contribution in [0, 0.1) is 16.7 Å². The number of fused-ring (bicyclic) bond motifs is 1. The number of nitrogens with one attached hydrogen (secondary N) is 1. The molecule has 2 N–H and O–H groups in total. The zero-order chi connectivity index (χ0) is 24.8. The lowest BCUT2D eigenvalue weighted by Gasteiger charge is -2.45. The van der Waals surface area contributed by atoms with Gasteiger partial charge in [-0.25, -0.2) is 4.79 Å². The lowest BCUT2D eigenvalue weighted by Crippen LogP contribution is -2.46. The zero-order valence-electron chi connectivity index (χ0n) is 20.5. The molecule has 0 radical (unpaired) electrons. The van der Waals surface area contributed by atoms with Crippen LogP contribution >= 0.6 is 0 Å². The maximum atomic E-state index is 13.5. The van der Waals surface area contributed by atoms with Crippen molar-refractivity contribution in [2.24, 2.45) is 16.7 Å². The van der Waals surface area contributed by atoms with Crippen molar-refractivity contribution in [2.45, 2.75) is 59.8 Å². The molecule has 7 nitrogen and oxygen atoms in total. The van der Waals surface area contributed by atoms with Crippen LogP contribution in [0.4, 0.5) is 0 Å². The summed E-state index contributed by atoms with van der Waals surface area (Å²) in [7, 11) is 0. The molecule has 1 heterocycles. The van der Waals surface area contributed by atoms with Gasteiger partial charge in [0.1, 0.15) is 5.78 Å². The standard InChI is InChI=1S/C27H33NO6/c1-6-33-21-9-15(7-8-20(21)34-14-22(31)32)23-24-16(10-26(2,3)12-18(24)29)28-17-11-27(4,5)13-19(30)25(17)23/h7-10,23-24,28H,6,11-14H2,1-5H3,(H,31,32). The van der Waals surface area contributed by atoms with Gasteiger partial charge in [-0.1, -0.05) is 39.8 Å². The Morgan fingerprint density at radius 2 is 1.79 bits per heavy atom. The Labute approximate surface area is 200 Å². The third kappa shape index (κ3) is 4.61. The molecule has 0 saturated carbocycles. The van der Waals surface area contributed by atoms with E-state index in [-0.39, 0.29) is 22.4 Å². The fourth-order valence-electron chi connectivity index (χ4n) is 5.53. The fourth-order valence-corrected chi connectivity index (χ4v) is 5.53.